The number of amides is 1. The van der Waals surface area contributed by atoms with Gasteiger partial charge in [0.05, 0.1) is 6.10 Å². The molecule has 1 saturated heterocycles. The third-order valence-corrected chi connectivity index (χ3v) is 4.32. The van der Waals surface area contributed by atoms with Crippen molar-refractivity contribution < 1.29 is 9.53 Å². The van der Waals surface area contributed by atoms with Crippen molar-refractivity contribution in [3.05, 3.63) is 22.4 Å². The second kappa shape index (κ2) is 7.09. The number of piperidine rings is 1. The summed E-state index contributed by atoms with van der Waals surface area (Å²) in [4.78, 5) is 13.6. The van der Waals surface area contributed by atoms with Crippen LogP contribution in [-0.2, 0) is 4.74 Å². The van der Waals surface area contributed by atoms with E-state index in [2.05, 4.69) is 29.1 Å². The summed E-state index contributed by atoms with van der Waals surface area (Å²) < 4.78 is 5.23. The van der Waals surface area contributed by atoms with Crippen molar-refractivity contribution in [2.45, 2.75) is 51.8 Å². The molecule has 1 aromatic rings. The molecular formula is C15H24N2O2S. The van der Waals surface area contributed by atoms with E-state index >= 15 is 0 Å². The molecule has 1 atom stereocenters. The molecule has 2 rings (SSSR count). The van der Waals surface area contributed by atoms with Gasteiger partial charge in [0.1, 0.15) is 0 Å². The fourth-order valence-electron chi connectivity index (χ4n) is 2.48. The average molecular weight is 296 g/mol. The van der Waals surface area contributed by atoms with Crippen LogP contribution in [0.15, 0.2) is 16.8 Å². The Balaban J connectivity index is 1.75. The Bertz CT molecular complexity index is 412. The Labute approximate surface area is 125 Å². The molecule has 5 heteroatoms. The Kier molecular flexibility index (Phi) is 5.43. The highest BCUT2D eigenvalue weighted by atomic mass is 32.1. The number of thiophene rings is 1. The van der Waals surface area contributed by atoms with Crippen molar-refractivity contribution in [1.82, 2.24) is 10.2 Å². The van der Waals surface area contributed by atoms with Gasteiger partial charge in [-0.3, -0.25) is 0 Å². The Morgan fingerprint density at radius 2 is 2.10 bits per heavy atom. The van der Waals surface area contributed by atoms with Gasteiger partial charge in [-0.2, -0.15) is 11.3 Å². The van der Waals surface area contributed by atoms with E-state index in [0.717, 1.165) is 25.9 Å². The first-order valence-corrected chi connectivity index (χ1v) is 8.24. The minimum Gasteiger partial charge on any atom is -0.447 e. The summed E-state index contributed by atoms with van der Waals surface area (Å²) in [5.41, 5.74) is 1.34. The molecule has 112 valence electrons. The summed E-state index contributed by atoms with van der Waals surface area (Å²) in [5, 5.41) is 7.95. The molecule has 1 aliphatic heterocycles. The minimum atomic E-state index is -0.177. The van der Waals surface area contributed by atoms with Gasteiger partial charge in [0.2, 0.25) is 0 Å². The van der Waals surface area contributed by atoms with Gasteiger partial charge >= 0.3 is 6.09 Å². The summed E-state index contributed by atoms with van der Waals surface area (Å²) in [6.07, 6.45) is 1.75. The molecule has 1 amide bonds. The number of nitrogens with one attached hydrogen (secondary N) is 1. The lowest BCUT2D eigenvalue weighted by Crippen LogP contribution is -2.46. The molecule has 20 heavy (non-hydrogen) atoms. The predicted octanol–water partition coefficient (Wildman–Crippen LogP) is 3.41. The molecule has 1 N–H and O–H groups in total. The van der Waals surface area contributed by atoms with Crippen molar-refractivity contribution in [3.8, 4) is 0 Å². The van der Waals surface area contributed by atoms with Crippen molar-refractivity contribution in [2.24, 2.45) is 0 Å². The molecule has 0 spiro atoms. The lowest BCUT2D eigenvalue weighted by molar-refractivity contribution is 0.0674. The van der Waals surface area contributed by atoms with E-state index in [1.54, 1.807) is 11.3 Å². The molecule has 0 unspecified atom stereocenters. The summed E-state index contributed by atoms with van der Waals surface area (Å²) >= 11 is 1.73. The maximum absolute atomic E-state index is 11.8. The molecule has 0 aliphatic carbocycles. The van der Waals surface area contributed by atoms with Crippen LogP contribution >= 0.6 is 11.3 Å². The summed E-state index contributed by atoms with van der Waals surface area (Å²) in [7, 11) is 0. The van der Waals surface area contributed by atoms with Gasteiger partial charge in [-0.15, -0.1) is 0 Å². The lowest BCUT2D eigenvalue weighted by Gasteiger charge is -2.33. The first-order valence-electron chi connectivity index (χ1n) is 7.30. The van der Waals surface area contributed by atoms with E-state index in [1.807, 2.05) is 18.7 Å². The molecule has 0 bridgehead atoms. The molecule has 1 aromatic heterocycles. The fraction of sp³-hybridized carbons (Fsp3) is 0.667. The Hall–Kier alpha value is -1.07. The highest BCUT2D eigenvalue weighted by Gasteiger charge is 2.25. The topological polar surface area (TPSA) is 41.6 Å². The third-order valence-electron chi connectivity index (χ3n) is 3.62. The number of likely N-dealkylation sites (tertiary alicyclic amines) is 1. The maximum Gasteiger partial charge on any atom is 0.410 e. The van der Waals surface area contributed by atoms with Crippen LogP contribution in [0.5, 0.6) is 0 Å². The first-order chi connectivity index (χ1) is 9.56. The van der Waals surface area contributed by atoms with Crippen LogP contribution in [0.2, 0.25) is 0 Å². The lowest BCUT2D eigenvalue weighted by atomic mass is 10.0. The molecule has 0 aromatic carbocycles. The van der Waals surface area contributed by atoms with Crippen LogP contribution < -0.4 is 5.32 Å². The summed E-state index contributed by atoms with van der Waals surface area (Å²) in [5.74, 6) is 0. The van der Waals surface area contributed by atoms with Crippen molar-refractivity contribution >= 4 is 17.4 Å². The van der Waals surface area contributed by atoms with E-state index in [-0.39, 0.29) is 12.2 Å². The van der Waals surface area contributed by atoms with Gasteiger partial charge in [0, 0.05) is 25.2 Å². The quantitative estimate of drug-likeness (QED) is 0.926. The van der Waals surface area contributed by atoms with Crippen molar-refractivity contribution in [2.75, 3.05) is 13.1 Å². The molecular weight excluding hydrogens is 272 g/mol. The standard InChI is InChI=1S/C15H24N2O2S/c1-11(2)19-15(18)17-7-4-14(5-8-17)16-12(3)13-6-9-20-10-13/h6,9-12,14,16H,4-5,7-8H2,1-3H3/t12-/m1/s1. The summed E-state index contributed by atoms with van der Waals surface area (Å²) in [6.45, 7) is 7.52. The van der Waals surface area contributed by atoms with Gasteiger partial charge in [-0.1, -0.05) is 0 Å². The van der Waals surface area contributed by atoms with E-state index in [1.165, 1.54) is 5.56 Å². The van der Waals surface area contributed by atoms with Crippen LogP contribution in [0.3, 0.4) is 0 Å². The number of carbonyl (C=O) groups excluding carboxylic acids is 1. The van der Waals surface area contributed by atoms with Crippen LogP contribution in [0, 0.1) is 0 Å². The molecule has 2 heterocycles. The van der Waals surface area contributed by atoms with Gasteiger partial charge in [-0.05, 0) is 56.0 Å². The smallest absolute Gasteiger partial charge is 0.410 e. The maximum atomic E-state index is 11.8. The molecule has 0 radical (unpaired) electrons. The Morgan fingerprint density at radius 1 is 1.40 bits per heavy atom. The largest absolute Gasteiger partial charge is 0.447 e. The number of hydrogen-bond donors (Lipinski definition) is 1. The number of carbonyl (C=O) groups is 1. The Morgan fingerprint density at radius 3 is 2.65 bits per heavy atom. The van der Waals surface area contributed by atoms with Crippen molar-refractivity contribution in [1.29, 1.82) is 0 Å². The highest BCUT2D eigenvalue weighted by molar-refractivity contribution is 7.07. The number of rotatable bonds is 4. The molecule has 1 aliphatic rings. The summed E-state index contributed by atoms with van der Waals surface area (Å²) in [6, 6.07) is 3.02. The second-order valence-electron chi connectivity index (χ2n) is 5.64. The van der Waals surface area contributed by atoms with E-state index in [9.17, 15) is 4.79 Å². The van der Waals surface area contributed by atoms with Gasteiger partial charge in [0.15, 0.2) is 0 Å². The number of hydrogen-bond acceptors (Lipinski definition) is 4. The minimum absolute atomic E-state index is 0.0445. The van der Waals surface area contributed by atoms with Crippen LogP contribution in [-0.4, -0.2) is 36.2 Å². The van der Waals surface area contributed by atoms with E-state index < -0.39 is 0 Å². The highest BCUT2D eigenvalue weighted by Crippen LogP contribution is 2.19. The monoisotopic (exact) mass is 296 g/mol. The van der Waals surface area contributed by atoms with Gasteiger partial charge in [0.25, 0.3) is 0 Å². The van der Waals surface area contributed by atoms with Crippen molar-refractivity contribution in [3.63, 3.8) is 0 Å². The SMILES string of the molecule is CC(C)OC(=O)N1CCC(N[C@H](C)c2ccsc2)CC1. The van der Waals surface area contributed by atoms with Gasteiger partial charge in [-0.25, -0.2) is 4.79 Å². The zero-order valence-corrected chi connectivity index (χ0v) is 13.3. The van der Waals surface area contributed by atoms with Crippen LogP contribution in [0.1, 0.15) is 45.2 Å². The zero-order valence-electron chi connectivity index (χ0n) is 12.5. The molecule has 0 saturated carbocycles. The average Bonchev–Trinajstić information content (AvgIpc) is 2.92. The van der Waals surface area contributed by atoms with E-state index in [0.29, 0.717) is 12.1 Å². The number of ether oxygens (including phenoxy) is 1. The van der Waals surface area contributed by atoms with E-state index in [4.69, 9.17) is 4.74 Å². The molecule has 4 nitrogen and oxygen atoms in total. The zero-order chi connectivity index (χ0) is 14.5. The normalized spacial score (nSPS) is 18.3. The molecule has 1 fully saturated rings. The third kappa shape index (κ3) is 4.21. The second-order valence-corrected chi connectivity index (χ2v) is 6.42. The van der Waals surface area contributed by atoms with Crippen LogP contribution in [0.4, 0.5) is 4.79 Å². The number of nitrogens with zero attached hydrogens (tertiary/aromatic N) is 1. The fourth-order valence-corrected chi connectivity index (χ4v) is 3.23. The van der Waals surface area contributed by atoms with Crippen LogP contribution in [0.25, 0.3) is 0 Å². The van der Waals surface area contributed by atoms with Gasteiger partial charge < -0.3 is 15.0 Å². The first kappa shape index (κ1) is 15.3. The predicted molar refractivity (Wildman–Crippen MR) is 82.1 cm³/mol.